The number of H-pyrrole nitrogens is 1. The van der Waals surface area contributed by atoms with Crippen LogP contribution in [0.1, 0.15) is 0 Å². The molecule has 1 N–H and O–H groups in total. The fourth-order valence-corrected chi connectivity index (χ4v) is 0.539. The van der Waals surface area contributed by atoms with Crippen LogP contribution in [-0.2, 0) is 7.05 Å². The number of hydrogen-bond donors (Lipinski definition) is 1. The Morgan fingerprint density at radius 2 is 2.71 bits per heavy atom. The average Bonchev–Trinajstić information content (AvgIpc) is 1.87. The van der Waals surface area contributed by atoms with Gasteiger partial charge in [0, 0.05) is 7.05 Å². The number of aromatic nitrogens is 3. The molecule has 0 saturated heterocycles. The quantitative estimate of drug-likeness (QED) is 0.499. The lowest BCUT2D eigenvalue weighted by molar-refractivity contribution is 0.762. The van der Waals surface area contributed by atoms with Gasteiger partial charge in [0.25, 0.3) is 0 Å². The summed E-state index contributed by atoms with van der Waals surface area (Å²) in [6.45, 7) is 0. The van der Waals surface area contributed by atoms with Gasteiger partial charge in [-0.3, -0.25) is 9.78 Å². The Balaban J connectivity index is 3.30. The van der Waals surface area contributed by atoms with E-state index >= 15 is 0 Å². The summed E-state index contributed by atoms with van der Waals surface area (Å²) in [5.41, 5.74) is 0. The van der Waals surface area contributed by atoms with E-state index in [1.807, 2.05) is 7.05 Å². The predicted molar refractivity (Wildman–Crippen MR) is 28.4 cm³/mol. The molecule has 0 saturated carbocycles. The smallest absolute Gasteiger partial charge is 0.213 e. The van der Waals surface area contributed by atoms with Crippen molar-refractivity contribution in [2.24, 2.45) is 7.05 Å². The molecular weight excluding hydrogens is 110 g/mol. The topological polar surface area (TPSA) is 33.6 Å². The van der Waals surface area contributed by atoms with E-state index in [-0.39, 0.29) is 0 Å². The van der Waals surface area contributed by atoms with E-state index in [0.717, 1.165) is 0 Å². The third-order valence-corrected chi connectivity index (χ3v) is 0.817. The minimum Gasteiger partial charge on any atom is -0.278 e. The summed E-state index contributed by atoms with van der Waals surface area (Å²) in [5.74, 6) is 0. The highest BCUT2D eigenvalue weighted by Gasteiger charge is 1.75. The molecule has 0 spiro atoms. The Bertz CT molecular complexity index is 198. The van der Waals surface area contributed by atoms with Crippen LogP contribution in [0.5, 0.6) is 0 Å². The summed E-state index contributed by atoms with van der Waals surface area (Å²) in [6.07, 6.45) is 1.63. The zero-order valence-corrected chi connectivity index (χ0v) is 4.70. The van der Waals surface area contributed by atoms with Gasteiger partial charge in [-0.15, -0.1) is 0 Å². The molecular formula is C3H5N3S. The fraction of sp³-hybridized carbons (Fsp3) is 0.333. The van der Waals surface area contributed by atoms with Crippen LogP contribution in [0, 0.1) is 4.77 Å². The first-order chi connectivity index (χ1) is 3.29. The van der Waals surface area contributed by atoms with Gasteiger partial charge in [0.05, 0.1) is 0 Å². The van der Waals surface area contributed by atoms with E-state index < -0.39 is 0 Å². The molecule has 3 nitrogen and oxygen atoms in total. The molecule has 0 fully saturated rings. The monoisotopic (exact) mass is 115 g/mol. The first kappa shape index (κ1) is 4.52. The van der Waals surface area contributed by atoms with E-state index in [2.05, 4.69) is 22.3 Å². The predicted octanol–water partition coefficient (Wildman–Crippen LogP) is 0.478. The highest BCUT2D eigenvalue weighted by atomic mass is 32.1. The molecule has 1 rings (SSSR count). The van der Waals surface area contributed by atoms with E-state index in [4.69, 9.17) is 0 Å². The van der Waals surface area contributed by atoms with Crippen LogP contribution in [0.4, 0.5) is 0 Å². The Morgan fingerprint density at radius 1 is 2.00 bits per heavy atom. The van der Waals surface area contributed by atoms with Crippen molar-refractivity contribution < 1.29 is 0 Å². The standard InChI is InChI=1S/C3H5N3S/c1-6-2-4-3(7)5-6/h2H,1H3,(H,5,7). The van der Waals surface area contributed by atoms with Gasteiger partial charge in [-0.25, -0.2) is 4.98 Å². The first-order valence-electron chi connectivity index (χ1n) is 1.86. The number of nitrogens with one attached hydrogen (secondary N) is 1. The van der Waals surface area contributed by atoms with Crippen molar-refractivity contribution in [3.8, 4) is 0 Å². The van der Waals surface area contributed by atoms with Crippen LogP contribution in [-0.4, -0.2) is 14.8 Å². The van der Waals surface area contributed by atoms with Crippen LogP contribution in [0.3, 0.4) is 0 Å². The summed E-state index contributed by atoms with van der Waals surface area (Å²) >= 11 is 4.65. The maximum Gasteiger partial charge on any atom is 0.213 e. The molecule has 1 heterocycles. The molecule has 0 aliphatic heterocycles. The SMILES string of the molecule is Cn1cnc(=S)[nH]1. The van der Waals surface area contributed by atoms with Gasteiger partial charge >= 0.3 is 0 Å². The third kappa shape index (κ3) is 0.866. The lowest BCUT2D eigenvalue weighted by Gasteiger charge is -1.78. The molecule has 4 heteroatoms. The second-order valence-corrected chi connectivity index (χ2v) is 1.66. The molecule has 0 radical (unpaired) electrons. The van der Waals surface area contributed by atoms with Crippen LogP contribution >= 0.6 is 12.2 Å². The molecule has 0 atom stereocenters. The van der Waals surface area contributed by atoms with Crippen LogP contribution in [0.2, 0.25) is 0 Å². The van der Waals surface area contributed by atoms with Crippen molar-refractivity contribution in [3.05, 3.63) is 11.1 Å². The lowest BCUT2D eigenvalue weighted by Crippen LogP contribution is -1.84. The molecule has 1 aromatic rings. The molecule has 38 valence electrons. The maximum atomic E-state index is 4.65. The summed E-state index contributed by atoms with van der Waals surface area (Å²) in [7, 11) is 1.84. The minimum absolute atomic E-state index is 0.530. The Kier molecular flexibility index (Phi) is 0.941. The minimum atomic E-state index is 0.530. The van der Waals surface area contributed by atoms with Gasteiger partial charge in [-0.2, -0.15) is 0 Å². The molecule has 0 bridgehead atoms. The van der Waals surface area contributed by atoms with E-state index in [1.54, 1.807) is 11.0 Å². The molecule has 0 aromatic carbocycles. The molecule has 1 aromatic heterocycles. The molecule has 0 aliphatic carbocycles. The lowest BCUT2D eigenvalue weighted by atomic mass is 11.2. The Labute approximate surface area is 46.0 Å². The van der Waals surface area contributed by atoms with Crippen molar-refractivity contribution in [1.29, 1.82) is 0 Å². The number of aromatic amines is 1. The van der Waals surface area contributed by atoms with E-state index in [0.29, 0.717) is 4.77 Å². The third-order valence-electron chi connectivity index (χ3n) is 0.620. The van der Waals surface area contributed by atoms with Gasteiger partial charge < -0.3 is 0 Å². The van der Waals surface area contributed by atoms with Gasteiger partial charge in [0.1, 0.15) is 6.33 Å². The van der Waals surface area contributed by atoms with Crippen LogP contribution < -0.4 is 0 Å². The second-order valence-electron chi connectivity index (χ2n) is 1.27. The van der Waals surface area contributed by atoms with Crippen molar-refractivity contribution >= 4 is 12.2 Å². The first-order valence-corrected chi connectivity index (χ1v) is 2.27. The van der Waals surface area contributed by atoms with Crippen molar-refractivity contribution in [3.63, 3.8) is 0 Å². The number of nitrogens with zero attached hydrogens (tertiary/aromatic N) is 2. The highest BCUT2D eigenvalue weighted by molar-refractivity contribution is 7.71. The number of aryl methyl sites for hydroxylation is 1. The van der Waals surface area contributed by atoms with Crippen molar-refractivity contribution in [2.75, 3.05) is 0 Å². The zero-order chi connectivity index (χ0) is 5.28. The van der Waals surface area contributed by atoms with Gasteiger partial charge in [0.2, 0.25) is 4.77 Å². The maximum absolute atomic E-state index is 4.65. The molecule has 0 amide bonds. The normalized spacial score (nSPS) is 9.29. The Morgan fingerprint density at radius 3 is 2.86 bits per heavy atom. The average molecular weight is 115 g/mol. The second kappa shape index (κ2) is 1.46. The summed E-state index contributed by atoms with van der Waals surface area (Å²) in [5, 5.41) is 2.76. The van der Waals surface area contributed by atoms with E-state index in [1.165, 1.54) is 0 Å². The van der Waals surface area contributed by atoms with Gasteiger partial charge in [-0.05, 0) is 12.2 Å². The number of hydrogen-bond acceptors (Lipinski definition) is 2. The summed E-state index contributed by atoms with van der Waals surface area (Å²) in [6, 6.07) is 0. The fourth-order valence-electron chi connectivity index (χ4n) is 0.348. The van der Waals surface area contributed by atoms with Crippen LogP contribution in [0.15, 0.2) is 6.33 Å². The van der Waals surface area contributed by atoms with Crippen molar-refractivity contribution in [1.82, 2.24) is 14.8 Å². The largest absolute Gasteiger partial charge is 0.278 e. The van der Waals surface area contributed by atoms with E-state index in [9.17, 15) is 0 Å². The van der Waals surface area contributed by atoms with Crippen molar-refractivity contribution in [2.45, 2.75) is 0 Å². The summed E-state index contributed by atoms with van der Waals surface area (Å²) in [4.78, 5) is 3.74. The highest BCUT2D eigenvalue weighted by Crippen LogP contribution is 1.73. The van der Waals surface area contributed by atoms with Crippen LogP contribution in [0.25, 0.3) is 0 Å². The molecule has 7 heavy (non-hydrogen) atoms. The molecule has 0 unspecified atom stereocenters. The number of rotatable bonds is 0. The Hall–Kier alpha value is -0.640. The molecule has 0 aliphatic rings. The zero-order valence-electron chi connectivity index (χ0n) is 3.88. The van der Waals surface area contributed by atoms with Gasteiger partial charge in [0.15, 0.2) is 0 Å². The summed E-state index contributed by atoms with van der Waals surface area (Å²) < 4.78 is 2.23. The van der Waals surface area contributed by atoms with Gasteiger partial charge in [-0.1, -0.05) is 0 Å².